The summed E-state index contributed by atoms with van der Waals surface area (Å²) in [6, 6.07) is 0. The maximum atomic E-state index is 8.98. The van der Waals surface area contributed by atoms with Gasteiger partial charge in [-0.15, -0.1) is 0 Å². The molecule has 0 amide bonds. The Morgan fingerprint density at radius 1 is 1.56 bits per heavy atom. The lowest BCUT2D eigenvalue weighted by Crippen LogP contribution is -2.13. The van der Waals surface area contributed by atoms with E-state index in [1.807, 2.05) is 0 Å². The largest absolute Gasteiger partial charge is 0.509 e. The maximum absolute atomic E-state index is 8.98. The minimum absolute atomic E-state index is 0.0394. The molecule has 1 rings (SSSR count). The van der Waals surface area contributed by atoms with Crippen molar-refractivity contribution in [3.05, 3.63) is 36.1 Å². The van der Waals surface area contributed by atoms with Gasteiger partial charge in [0, 0.05) is 0 Å². The minimum atomic E-state index is -0.894. The van der Waals surface area contributed by atoms with E-state index >= 15 is 0 Å². The van der Waals surface area contributed by atoms with Gasteiger partial charge in [0.2, 0.25) is 0 Å². The highest BCUT2D eigenvalue weighted by Gasteiger charge is 2.12. The van der Waals surface area contributed by atoms with Crippen molar-refractivity contribution in [2.45, 2.75) is 6.10 Å². The predicted octanol–water partition coefficient (Wildman–Crippen LogP) is 0.915. The molecule has 1 aliphatic rings. The van der Waals surface area contributed by atoms with E-state index < -0.39 is 6.10 Å². The first-order valence-corrected chi connectivity index (χ1v) is 2.66. The number of hydrogen-bond acceptors (Lipinski definition) is 2. The first kappa shape index (κ1) is 6.11. The van der Waals surface area contributed by atoms with Gasteiger partial charge < -0.3 is 10.2 Å². The van der Waals surface area contributed by atoms with Gasteiger partial charge in [0.05, 0.1) is 0 Å². The van der Waals surface area contributed by atoms with Crippen LogP contribution in [0, 0.1) is 0 Å². The van der Waals surface area contributed by atoms with Crippen LogP contribution >= 0.6 is 0 Å². The fourth-order valence-electron chi connectivity index (χ4n) is 0.643. The molecule has 0 aromatic heterocycles. The average molecular weight is 124 g/mol. The predicted molar refractivity (Wildman–Crippen MR) is 35.0 cm³/mol. The highest BCUT2D eigenvalue weighted by Crippen LogP contribution is 2.13. The Bertz CT molecular complexity index is 189. The third-order valence-corrected chi connectivity index (χ3v) is 1.21. The second-order valence-corrected chi connectivity index (χ2v) is 1.93. The lowest BCUT2D eigenvalue weighted by Gasteiger charge is -2.11. The van der Waals surface area contributed by atoms with Crippen LogP contribution in [0.5, 0.6) is 0 Å². The molecule has 0 aliphatic heterocycles. The van der Waals surface area contributed by atoms with Crippen LogP contribution in [-0.2, 0) is 0 Å². The van der Waals surface area contributed by atoms with E-state index in [2.05, 4.69) is 6.58 Å². The van der Waals surface area contributed by atoms with E-state index in [4.69, 9.17) is 10.2 Å². The van der Waals surface area contributed by atoms with Gasteiger partial charge in [-0.3, -0.25) is 0 Å². The Balaban J connectivity index is 2.86. The summed E-state index contributed by atoms with van der Waals surface area (Å²) in [5.74, 6) is -0.0394. The van der Waals surface area contributed by atoms with Crippen LogP contribution in [0.15, 0.2) is 36.1 Å². The quantitative estimate of drug-likeness (QED) is 0.504. The van der Waals surface area contributed by atoms with Crippen LogP contribution < -0.4 is 0 Å². The van der Waals surface area contributed by atoms with Gasteiger partial charge in [0.15, 0.2) is 0 Å². The molecule has 2 N–H and O–H groups in total. The van der Waals surface area contributed by atoms with Gasteiger partial charge in [-0.25, -0.2) is 0 Å². The van der Waals surface area contributed by atoms with Crippen LogP contribution in [0.2, 0.25) is 0 Å². The first-order chi connectivity index (χ1) is 4.22. The smallest absolute Gasteiger partial charge is 0.135 e. The van der Waals surface area contributed by atoms with Crippen LogP contribution in [0.1, 0.15) is 0 Å². The van der Waals surface area contributed by atoms with Gasteiger partial charge in [0.1, 0.15) is 11.9 Å². The third-order valence-electron chi connectivity index (χ3n) is 1.21. The molecule has 0 saturated heterocycles. The summed E-state index contributed by atoms with van der Waals surface area (Å²) in [6.07, 6.45) is 3.85. The summed E-state index contributed by atoms with van der Waals surface area (Å²) in [6.45, 7) is 3.51. The average Bonchev–Trinajstić information content (AvgIpc) is 1.83. The Hall–Kier alpha value is -1.02. The highest BCUT2D eigenvalue weighted by atomic mass is 16.3. The molecule has 0 fully saturated rings. The standard InChI is InChI=1S/C7H8O2/c1-5-3-2-4-6(8)7(5)9/h2-4,7-9H,1H2. The van der Waals surface area contributed by atoms with Crippen molar-refractivity contribution < 1.29 is 10.2 Å². The zero-order chi connectivity index (χ0) is 6.85. The van der Waals surface area contributed by atoms with E-state index in [9.17, 15) is 0 Å². The van der Waals surface area contributed by atoms with Crippen molar-refractivity contribution in [3.63, 3.8) is 0 Å². The molecule has 0 bridgehead atoms. The molecule has 0 aromatic rings. The molecule has 0 radical (unpaired) electrons. The van der Waals surface area contributed by atoms with Gasteiger partial charge in [-0.05, 0) is 11.6 Å². The number of hydrogen-bond donors (Lipinski definition) is 2. The van der Waals surface area contributed by atoms with Crippen molar-refractivity contribution >= 4 is 0 Å². The normalized spacial score (nSPS) is 26.1. The summed E-state index contributed by atoms with van der Waals surface area (Å²) in [4.78, 5) is 0. The molecule has 1 aliphatic carbocycles. The molecule has 9 heavy (non-hydrogen) atoms. The zero-order valence-corrected chi connectivity index (χ0v) is 4.91. The molecule has 1 atom stereocenters. The SMILES string of the molecule is C=C1C=CC=C(O)C1O. The number of rotatable bonds is 0. The van der Waals surface area contributed by atoms with Gasteiger partial charge in [0.25, 0.3) is 0 Å². The second-order valence-electron chi connectivity index (χ2n) is 1.93. The summed E-state index contributed by atoms with van der Waals surface area (Å²) in [5.41, 5.74) is 0.523. The maximum Gasteiger partial charge on any atom is 0.135 e. The van der Waals surface area contributed by atoms with Crippen LogP contribution in [-0.4, -0.2) is 16.3 Å². The van der Waals surface area contributed by atoms with Crippen LogP contribution in [0.25, 0.3) is 0 Å². The lowest BCUT2D eigenvalue weighted by atomic mass is 10.1. The van der Waals surface area contributed by atoms with Crippen molar-refractivity contribution in [2.75, 3.05) is 0 Å². The van der Waals surface area contributed by atoms with E-state index in [-0.39, 0.29) is 5.76 Å². The molecule has 0 saturated carbocycles. The summed E-state index contributed by atoms with van der Waals surface area (Å²) in [7, 11) is 0. The van der Waals surface area contributed by atoms with Crippen LogP contribution in [0.4, 0.5) is 0 Å². The van der Waals surface area contributed by atoms with E-state index in [0.717, 1.165) is 0 Å². The first-order valence-electron chi connectivity index (χ1n) is 2.66. The summed E-state index contributed by atoms with van der Waals surface area (Å²) < 4.78 is 0. The number of aliphatic hydroxyl groups excluding tert-OH is 2. The topological polar surface area (TPSA) is 40.5 Å². The lowest BCUT2D eigenvalue weighted by molar-refractivity contribution is 0.185. The van der Waals surface area contributed by atoms with Crippen molar-refractivity contribution in [1.29, 1.82) is 0 Å². The fraction of sp³-hybridized carbons (Fsp3) is 0.143. The zero-order valence-electron chi connectivity index (χ0n) is 4.91. The van der Waals surface area contributed by atoms with Gasteiger partial charge in [-0.2, -0.15) is 0 Å². The van der Waals surface area contributed by atoms with Crippen molar-refractivity contribution in [1.82, 2.24) is 0 Å². The van der Waals surface area contributed by atoms with Crippen molar-refractivity contribution in [3.8, 4) is 0 Å². The number of aliphatic hydroxyl groups is 2. The Morgan fingerprint density at radius 3 is 2.67 bits per heavy atom. The van der Waals surface area contributed by atoms with E-state index in [1.54, 1.807) is 12.2 Å². The molecule has 0 aromatic carbocycles. The molecule has 1 unspecified atom stereocenters. The third kappa shape index (κ3) is 1.03. The van der Waals surface area contributed by atoms with Crippen LogP contribution in [0.3, 0.4) is 0 Å². The molecule has 2 heteroatoms. The molecular weight excluding hydrogens is 116 g/mol. The van der Waals surface area contributed by atoms with E-state index in [0.29, 0.717) is 5.57 Å². The number of allylic oxidation sites excluding steroid dienone is 2. The summed E-state index contributed by atoms with van der Waals surface area (Å²) in [5, 5.41) is 17.8. The highest BCUT2D eigenvalue weighted by molar-refractivity contribution is 5.34. The Morgan fingerprint density at radius 2 is 2.22 bits per heavy atom. The van der Waals surface area contributed by atoms with E-state index in [1.165, 1.54) is 6.08 Å². The minimum Gasteiger partial charge on any atom is -0.509 e. The van der Waals surface area contributed by atoms with Crippen molar-refractivity contribution in [2.24, 2.45) is 0 Å². The second kappa shape index (κ2) is 2.07. The molecule has 0 heterocycles. The summed E-state index contributed by atoms with van der Waals surface area (Å²) >= 11 is 0. The van der Waals surface area contributed by atoms with Gasteiger partial charge in [-0.1, -0.05) is 18.7 Å². The Kier molecular flexibility index (Phi) is 1.40. The Labute approximate surface area is 53.4 Å². The molecule has 48 valence electrons. The molecule has 0 spiro atoms. The molecule has 2 nitrogen and oxygen atoms in total. The molecular formula is C7H8O2. The monoisotopic (exact) mass is 124 g/mol. The van der Waals surface area contributed by atoms with Gasteiger partial charge >= 0.3 is 0 Å². The fourth-order valence-corrected chi connectivity index (χ4v) is 0.643.